The van der Waals surface area contributed by atoms with E-state index in [1.54, 1.807) is 13.2 Å². The molecule has 1 aromatic heterocycles. The number of ether oxygens (including phenoxy) is 1. The molecule has 5 heteroatoms. The molecular formula is C20H20N2O2S. The summed E-state index contributed by atoms with van der Waals surface area (Å²) in [7, 11) is 1.63. The third-order valence-corrected chi connectivity index (χ3v) is 4.79. The summed E-state index contributed by atoms with van der Waals surface area (Å²) in [5.41, 5.74) is 3.12. The van der Waals surface area contributed by atoms with Gasteiger partial charge in [0.05, 0.1) is 17.3 Å². The molecule has 0 aliphatic heterocycles. The summed E-state index contributed by atoms with van der Waals surface area (Å²) >= 11 is 1.43. The summed E-state index contributed by atoms with van der Waals surface area (Å²) in [6.07, 6.45) is 3.33. The highest BCUT2D eigenvalue weighted by atomic mass is 32.1. The van der Waals surface area contributed by atoms with Gasteiger partial charge in [0.15, 0.2) is 5.13 Å². The van der Waals surface area contributed by atoms with Gasteiger partial charge in [-0.15, -0.1) is 0 Å². The van der Waals surface area contributed by atoms with Crippen LogP contribution in [0.4, 0.5) is 5.13 Å². The lowest BCUT2D eigenvalue weighted by Crippen LogP contribution is -2.07. The Morgan fingerprint density at radius 2 is 1.96 bits per heavy atom. The van der Waals surface area contributed by atoms with Gasteiger partial charge < -0.3 is 4.74 Å². The Kier molecular flexibility index (Phi) is 5.14. The fourth-order valence-electron chi connectivity index (χ4n) is 2.40. The molecular weight excluding hydrogens is 332 g/mol. The quantitative estimate of drug-likeness (QED) is 0.652. The minimum Gasteiger partial charge on any atom is -0.497 e. The molecule has 25 heavy (non-hydrogen) atoms. The van der Waals surface area contributed by atoms with Crippen LogP contribution in [0.1, 0.15) is 30.9 Å². The van der Waals surface area contributed by atoms with Crippen LogP contribution in [0.15, 0.2) is 48.5 Å². The number of rotatable bonds is 5. The Morgan fingerprint density at radius 1 is 1.20 bits per heavy atom. The van der Waals surface area contributed by atoms with Crippen LogP contribution < -0.4 is 10.1 Å². The summed E-state index contributed by atoms with van der Waals surface area (Å²) in [6, 6.07) is 13.9. The lowest BCUT2D eigenvalue weighted by Gasteiger charge is -2.04. The van der Waals surface area contributed by atoms with E-state index in [1.165, 1.54) is 23.0 Å². The van der Waals surface area contributed by atoms with E-state index in [9.17, 15) is 4.79 Å². The van der Waals surface area contributed by atoms with E-state index in [4.69, 9.17) is 4.74 Å². The van der Waals surface area contributed by atoms with Crippen molar-refractivity contribution >= 4 is 38.7 Å². The van der Waals surface area contributed by atoms with Crippen molar-refractivity contribution in [1.82, 2.24) is 4.98 Å². The fourth-order valence-corrected chi connectivity index (χ4v) is 3.29. The third kappa shape index (κ3) is 4.25. The highest BCUT2D eigenvalue weighted by Crippen LogP contribution is 2.29. The largest absolute Gasteiger partial charge is 0.497 e. The predicted molar refractivity (Wildman–Crippen MR) is 104 cm³/mol. The number of carbonyl (C=O) groups is 1. The summed E-state index contributed by atoms with van der Waals surface area (Å²) in [5.74, 6) is 1.08. The van der Waals surface area contributed by atoms with Crippen molar-refractivity contribution in [2.75, 3.05) is 12.4 Å². The minimum absolute atomic E-state index is 0.195. The highest BCUT2D eigenvalue weighted by molar-refractivity contribution is 7.22. The van der Waals surface area contributed by atoms with Crippen molar-refractivity contribution in [2.24, 2.45) is 0 Å². The normalized spacial score (nSPS) is 11.4. The second-order valence-corrected chi connectivity index (χ2v) is 7.03. The summed E-state index contributed by atoms with van der Waals surface area (Å²) in [4.78, 5) is 16.5. The van der Waals surface area contributed by atoms with Crippen LogP contribution in [0, 0.1) is 0 Å². The van der Waals surface area contributed by atoms with Gasteiger partial charge in [-0.25, -0.2) is 4.98 Å². The molecule has 0 radical (unpaired) electrons. The Hall–Kier alpha value is -2.66. The number of aromatic nitrogens is 1. The van der Waals surface area contributed by atoms with Crippen molar-refractivity contribution in [3.63, 3.8) is 0 Å². The zero-order valence-electron chi connectivity index (χ0n) is 14.4. The second-order valence-electron chi connectivity index (χ2n) is 6.00. The zero-order chi connectivity index (χ0) is 17.8. The molecule has 1 amide bonds. The van der Waals surface area contributed by atoms with E-state index in [0.29, 0.717) is 11.0 Å². The first-order chi connectivity index (χ1) is 12.0. The van der Waals surface area contributed by atoms with Crippen LogP contribution in [0.25, 0.3) is 16.3 Å². The molecule has 3 aromatic rings. The molecule has 0 fully saturated rings. The average molecular weight is 352 g/mol. The van der Waals surface area contributed by atoms with E-state index >= 15 is 0 Å². The maximum Gasteiger partial charge on any atom is 0.250 e. The van der Waals surface area contributed by atoms with Gasteiger partial charge in [0, 0.05) is 6.08 Å². The number of hydrogen-bond donors (Lipinski definition) is 1. The van der Waals surface area contributed by atoms with Crippen molar-refractivity contribution in [3.8, 4) is 5.75 Å². The number of nitrogens with one attached hydrogen (secondary N) is 1. The molecule has 0 bridgehead atoms. The van der Waals surface area contributed by atoms with Crippen LogP contribution >= 0.6 is 11.3 Å². The maximum absolute atomic E-state index is 12.1. The van der Waals surface area contributed by atoms with E-state index in [0.717, 1.165) is 21.5 Å². The Morgan fingerprint density at radius 3 is 2.64 bits per heavy atom. The SMILES string of the molecule is COc1ccc2nc(NC(=O)/C=C/c3ccc(C(C)C)cc3)sc2c1. The Labute approximate surface area is 151 Å². The van der Waals surface area contributed by atoms with E-state index in [1.807, 2.05) is 30.3 Å². The molecule has 0 saturated heterocycles. The van der Waals surface area contributed by atoms with E-state index in [-0.39, 0.29) is 5.91 Å². The summed E-state index contributed by atoms with van der Waals surface area (Å²) < 4.78 is 6.18. The first-order valence-electron chi connectivity index (χ1n) is 8.09. The van der Waals surface area contributed by atoms with Crippen LogP contribution in [0.3, 0.4) is 0 Å². The van der Waals surface area contributed by atoms with Gasteiger partial charge in [0.25, 0.3) is 0 Å². The number of anilines is 1. The minimum atomic E-state index is -0.195. The van der Waals surface area contributed by atoms with Crippen LogP contribution in [-0.2, 0) is 4.79 Å². The molecule has 0 atom stereocenters. The zero-order valence-corrected chi connectivity index (χ0v) is 15.3. The first kappa shape index (κ1) is 17.2. The lowest BCUT2D eigenvalue weighted by molar-refractivity contribution is -0.111. The number of hydrogen-bond acceptors (Lipinski definition) is 4. The van der Waals surface area contributed by atoms with E-state index in [2.05, 4.69) is 36.3 Å². The first-order valence-corrected chi connectivity index (χ1v) is 8.90. The van der Waals surface area contributed by atoms with Crippen LogP contribution in [-0.4, -0.2) is 18.0 Å². The molecule has 1 heterocycles. The fraction of sp³-hybridized carbons (Fsp3) is 0.200. The van der Waals surface area contributed by atoms with Crippen LogP contribution in [0.2, 0.25) is 0 Å². The molecule has 128 valence electrons. The Bertz CT molecular complexity index is 911. The number of amides is 1. The van der Waals surface area contributed by atoms with Crippen molar-refractivity contribution in [1.29, 1.82) is 0 Å². The third-order valence-electron chi connectivity index (χ3n) is 3.86. The van der Waals surface area contributed by atoms with Crippen molar-refractivity contribution in [2.45, 2.75) is 19.8 Å². The summed E-state index contributed by atoms with van der Waals surface area (Å²) in [6.45, 7) is 4.32. The Balaban J connectivity index is 1.67. The predicted octanol–water partition coefficient (Wildman–Crippen LogP) is 5.08. The number of fused-ring (bicyclic) bond motifs is 1. The summed E-state index contributed by atoms with van der Waals surface area (Å²) in [5, 5.41) is 3.39. The number of nitrogens with zero attached hydrogens (tertiary/aromatic N) is 1. The smallest absolute Gasteiger partial charge is 0.250 e. The monoisotopic (exact) mass is 352 g/mol. The molecule has 2 aromatic carbocycles. The molecule has 0 spiro atoms. The highest BCUT2D eigenvalue weighted by Gasteiger charge is 2.07. The molecule has 0 aliphatic rings. The molecule has 0 unspecified atom stereocenters. The lowest BCUT2D eigenvalue weighted by atomic mass is 10.0. The topological polar surface area (TPSA) is 51.2 Å². The van der Waals surface area contributed by atoms with Crippen molar-refractivity contribution < 1.29 is 9.53 Å². The van der Waals surface area contributed by atoms with Crippen molar-refractivity contribution in [3.05, 3.63) is 59.7 Å². The number of carbonyl (C=O) groups excluding carboxylic acids is 1. The van der Waals surface area contributed by atoms with Gasteiger partial charge in [-0.3, -0.25) is 10.1 Å². The average Bonchev–Trinajstić information content (AvgIpc) is 3.01. The molecule has 0 aliphatic carbocycles. The van der Waals surface area contributed by atoms with Gasteiger partial charge in [-0.1, -0.05) is 49.4 Å². The molecule has 0 saturated carbocycles. The number of benzene rings is 2. The van der Waals surface area contributed by atoms with Gasteiger partial charge in [-0.2, -0.15) is 0 Å². The van der Waals surface area contributed by atoms with Gasteiger partial charge >= 0.3 is 0 Å². The second kappa shape index (κ2) is 7.49. The molecule has 3 rings (SSSR count). The van der Waals surface area contributed by atoms with Gasteiger partial charge in [0.1, 0.15) is 5.75 Å². The molecule has 1 N–H and O–H groups in total. The maximum atomic E-state index is 12.1. The van der Waals surface area contributed by atoms with E-state index < -0.39 is 0 Å². The van der Waals surface area contributed by atoms with Gasteiger partial charge in [-0.05, 0) is 41.3 Å². The van der Waals surface area contributed by atoms with Crippen LogP contribution in [0.5, 0.6) is 5.75 Å². The van der Waals surface area contributed by atoms with Gasteiger partial charge in [0.2, 0.25) is 5.91 Å². The number of methoxy groups -OCH3 is 1. The standard InChI is InChI=1S/C20H20N2O2S/c1-13(2)15-7-4-14(5-8-15)6-11-19(23)22-20-21-17-10-9-16(24-3)12-18(17)25-20/h4-13H,1-3H3,(H,21,22,23)/b11-6+. The number of thiazole rings is 1. The molecule has 4 nitrogen and oxygen atoms in total.